The molecule has 2 aromatic rings. The molecule has 1 nitrogen and oxygen atoms in total. The predicted molar refractivity (Wildman–Crippen MR) is 88.0 cm³/mol. The summed E-state index contributed by atoms with van der Waals surface area (Å²) in [6.07, 6.45) is 1.29. The van der Waals surface area contributed by atoms with Gasteiger partial charge in [0.15, 0.2) is 0 Å². The molecule has 0 saturated heterocycles. The van der Waals surface area contributed by atoms with E-state index >= 15 is 0 Å². The van der Waals surface area contributed by atoms with Crippen LogP contribution in [0.4, 0.5) is 5.69 Å². The first kappa shape index (κ1) is 12.7. The molecule has 0 aliphatic carbocycles. The van der Waals surface area contributed by atoms with E-state index in [1.165, 1.54) is 41.5 Å². The van der Waals surface area contributed by atoms with Gasteiger partial charge in [-0.2, -0.15) is 0 Å². The van der Waals surface area contributed by atoms with Crippen molar-refractivity contribution in [1.29, 1.82) is 0 Å². The van der Waals surface area contributed by atoms with Crippen molar-refractivity contribution in [1.82, 2.24) is 0 Å². The van der Waals surface area contributed by atoms with Gasteiger partial charge in [-0.3, -0.25) is 0 Å². The van der Waals surface area contributed by atoms with Gasteiger partial charge in [-0.1, -0.05) is 56.3 Å². The Bertz CT molecular complexity index is 574. The summed E-state index contributed by atoms with van der Waals surface area (Å²) in [6, 6.07) is 16.2. The summed E-state index contributed by atoms with van der Waals surface area (Å²) in [4.78, 5) is 0. The monoisotopic (exact) mass is 269 g/mol. The maximum Gasteiger partial charge on any atom is 0.0419 e. The van der Waals surface area contributed by atoms with E-state index in [-0.39, 0.29) is 0 Å². The highest BCUT2D eigenvalue weighted by Crippen LogP contribution is 2.35. The molecule has 0 fully saturated rings. The zero-order chi connectivity index (χ0) is 13.2. The molecular formula is C17H23NSi. The molecule has 0 amide bonds. The molecule has 2 aromatic carbocycles. The van der Waals surface area contributed by atoms with E-state index in [1.807, 2.05) is 0 Å². The highest BCUT2D eigenvalue weighted by Gasteiger charge is 2.25. The van der Waals surface area contributed by atoms with Crippen LogP contribution in [0.5, 0.6) is 0 Å². The fourth-order valence-electron chi connectivity index (χ4n) is 3.59. The van der Waals surface area contributed by atoms with Gasteiger partial charge in [-0.25, -0.2) is 0 Å². The molecule has 1 aliphatic heterocycles. The highest BCUT2D eigenvalue weighted by atomic mass is 28.3. The van der Waals surface area contributed by atoms with Gasteiger partial charge >= 0.3 is 0 Å². The number of hydrogen-bond donors (Lipinski definition) is 1. The average Bonchev–Trinajstić information content (AvgIpc) is 2.48. The van der Waals surface area contributed by atoms with Crippen molar-refractivity contribution < 1.29 is 0 Å². The van der Waals surface area contributed by atoms with Crippen LogP contribution in [0.25, 0.3) is 10.8 Å². The summed E-state index contributed by atoms with van der Waals surface area (Å²) in [5, 5.41) is 6.53. The van der Waals surface area contributed by atoms with Crippen molar-refractivity contribution in [3.8, 4) is 0 Å². The van der Waals surface area contributed by atoms with Gasteiger partial charge in [-0.15, -0.1) is 0 Å². The van der Waals surface area contributed by atoms with Crippen molar-refractivity contribution in [3.05, 3.63) is 42.0 Å². The Balaban J connectivity index is 2.00. The Hall–Kier alpha value is -1.28. The van der Waals surface area contributed by atoms with Crippen LogP contribution in [-0.4, -0.2) is 15.3 Å². The SMILES string of the molecule is CC[SiH](CC)[C@H]1CNc2ccc3ccccc3c2C1. The summed E-state index contributed by atoms with van der Waals surface area (Å²) in [6.45, 7) is 5.97. The third-order valence-electron chi connectivity index (χ3n) is 4.78. The van der Waals surface area contributed by atoms with Gasteiger partial charge in [0.05, 0.1) is 0 Å². The second-order valence-corrected chi connectivity index (χ2v) is 9.83. The molecule has 1 atom stereocenters. The Kier molecular flexibility index (Phi) is 3.60. The molecule has 1 heterocycles. The molecule has 3 rings (SSSR count). The number of nitrogens with one attached hydrogen (secondary N) is 1. The van der Waals surface area contributed by atoms with E-state index in [4.69, 9.17) is 0 Å². The van der Waals surface area contributed by atoms with Crippen LogP contribution < -0.4 is 5.32 Å². The molecule has 0 saturated carbocycles. The van der Waals surface area contributed by atoms with Crippen molar-refractivity contribution in [2.24, 2.45) is 0 Å². The second kappa shape index (κ2) is 5.38. The lowest BCUT2D eigenvalue weighted by Gasteiger charge is -2.31. The molecule has 0 aromatic heterocycles. The molecule has 0 unspecified atom stereocenters. The molecule has 1 N–H and O–H groups in total. The molecule has 2 heteroatoms. The first-order valence-electron chi connectivity index (χ1n) is 7.58. The number of benzene rings is 2. The first-order chi connectivity index (χ1) is 9.33. The van der Waals surface area contributed by atoms with Gasteiger partial charge in [0, 0.05) is 21.0 Å². The molecule has 19 heavy (non-hydrogen) atoms. The minimum Gasteiger partial charge on any atom is -0.385 e. The molecule has 0 radical (unpaired) electrons. The van der Waals surface area contributed by atoms with Crippen molar-refractivity contribution in [2.75, 3.05) is 11.9 Å². The topological polar surface area (TPSA) is 12.0 Å². The number of fused-ring (bicyclic) bond motifs is 3. The number of anilines is 1. The summed E-state index contributed by atoms with van der Waals surface area (Å²) >= 11 is 0. The lowest BCUT2D eigenvalue weighted by molar-refractivity contribution is 0.801. The molecular weight excluding hydrogens is 246 g/mol. The molecule has 0 spiro atoms. The summed E-state index contributed by atoms with van der Waals surface area (Å²) in [5.41, 5.74) is 3.86. The van der Waals surface area contributed by atoms with Crippen LogP contribution in [-0.2, 0) is 6.42 Å². The summed E-state index contributed by atoms with van der Waals surface area (Å²) in [7, 11) is -0.575. The van der Waals surface area contributed by atoms with Crippen molar-refractivity contribution >= 4 is 25.3 Å². The summed E-state index contributed by atoms with van der Waals surface area (Å²) in [5.74, 6) is 0. The summed E-state index contributed by atoms with van der Waals surface area (Å²) < 4.78 is 0. The van der Waals surface area contributed by atoms with Crippen LogP contribution >= 0.6 is 0 Å². The Morgan fingerprint density at radius 3 is 2.68 bits per heavy atom. The van der Waals surface area contributed by atoms with Gasteiger partial charge in [0.25, 0.3) is 0 Å². The van der Waals surface area contributed by atoms with Crippen LogP contribution in [0, 0.1) is 0 Å². The molecule has 0 bridgehead atoms. The maximum absolute atomic E-state index is 3.69. The minimum atomic E-state index is -0.575. The normalized spacial score (nSPS) is 18.4. The van der Waals surface area contributed by atoms with E-state index in [1.54, 1.807) is 5.56 Å². The van der Waals surface area contributed by atoms with Crippen LogP contribution in [0.15, 0.2) is 36.4 Å². The lowest BCUT2D eigenvalue weighted by Crippen LogP contribution is -2.30. The average molecular weight is 269 g/mol. The zero-order valence-corrected chi connectivity index (χ0v) is 13.1. The maximum atomic E-state index is 3.69. The number of rotatable bonds is 3. The third-order valence-corrected chi connectivity index (χ3v) is 8.68. The van der Waals surface area contributed by atoms with E-state index in [2.05, 4.69) is 55.6 Å². The van der Waals surface area contributed by atoms with Gasteiger partial charge in [-0.05, 0) is 34.4 Å². The van der Waals surface area contributed by atoms with Gasteiger partial charge in [0.1, 0.15) is 0 Å². The fourth-order valence-corrected chi connectivity index (χ4v) is 6.52. The van der Waals surface area contributed by atoms with Crippen molar-refractivity contribution in [3.63, 3.8) is 0 Å². The zero-order valence-electron chi connectivity index (χ0n) is 11.9. The Labute approximate surface area is 117 Å². The predicted octanol–water partition coefficient (Wildman–Crippen LogP) is 4.44. The highest BCUT2D eigenvalue weighted by molar-refractivity contribution is 6.60. The quantitative estimate of drug-likeness (QED) is 0.812. The standard InChI is InChI=1S/C17H23NSi/c1-3-19(4-2)14-11-16-15-8-6-5-7-13(15)9-10-17(16)18-12-14/h5-10,14,18-19H,3-4,11-12H2,1-2H3/t14-/m1/s1. The van der Waals surface area contributed by atoms with E-state index in [9.17, 15) is 0 Å². The van der Waals surface area contributed by atoms with E-state index < -0.39 is 8.80 Å². The van der Waals surface area contributed by atoms with Crippen LogP contribution in [0.3, 0.4) is 0 Å². The number of hydrogen-bond acceptors (Lipinski definition) is 1. The van der Waals surface area contributed by atoms with Gasteiger partial charge < -0.3 is 5.32 Å². The lowest BCUT2D eigenvalue weighted by atomic mass is 9.96. The van der Waals surface area contributed by atoms with E-state index in [0.717, 1.165) is 5.54 Å². The second-order valence-electron chi connectivity index (χ2n) is 5.73. The molecule has 100 valence electrons. The Morgan fingerprint density at radius 2 is 1.89 bits per heavy atom. The molecule has 1 aliphatic rings. The van der Waals surface area contributed by atoms with Gasteiger partial charge in [0.2, 0.25) is 0 Å². The van der Waals surface area contributed by atoms with Crippen LogP contribution in [0.2, 0.25) is 17.6 Å². The largest absolute Gasteiger partial charge is 0.385 e. The smallest absolute Gasteiger partial charge is 0.0419 e. The van der Waals surface area contributed by atoms with Crippen LogP contribution in [0.1, 0.15) is 19.4 Å². The fraction of sp³-hybridized carbons (Fsp3) is 0.412. The first-order valence-corrected chi connectivity index (χ1v) is 9.88. The van der Waals surface area contributed by atoms with Crippen molar-refractivity contribution in [2.45, 2.75) is 37.9 Å². The minimum absolute atomic E-state index is 0.575. The third kappa shape index (κ3) is 2.30. The Morgan fingerprint density at radius 1 is 1.11 bits per heavy atom. The van der Waals surface area contributed by atoms with E-state index in [0.29, 0.717) is 0 Å².